The van der Waals surface area contributed by atoms with Crippen molar-refractivity contribution in [2.45, 2.75) is 63.5 Å². The molecule has 1 aromatic rings. The highest BCUT2D eigenvalue weighted by molar-refractivity contribution is 5.88. The van der Waals surface area contributed by atoms with Gasteiger partial charge in [0.15, 0.2) is 0 Å². The molecule has 4 rings (SSSR count). The largest absolute Gasteiger partial charge is 0.372 e. The summed E-state index contributed by atoms with van der Waals surface area (Å²) in [7, 11) is 1.85. The van der Waals surface area contributed by atoms with Gasteiger partial charge in [-0.1, -0.05) is 0 Å². The van der Waals surface area contributed by atoms with Crippen molar-refractivity contribution in [1.29, 1.82) is 0 Å². The van der Waals surface area contributed by atoms with E-state index >= 15 is 0 Å². The zero-order valence-corrected chi connectivity index (χ0v) is 13.8. The normalized spacial score (nSPS) is 26.4. The van der Waals surface area contributed by atoms with Crippen LogP contribution < -0.4 is 10.6 Å². The van der Waals surface area contributed by atoms with Crippen molar-refractivity contribution < 1.29 is 9.53 Å². The van der Waals surface area contributed by atoms with Gasteiger partial charge in [0.1, 0.15) is 11.9 Å². The van der Waals surface area contributed by atoms with E-state index in [1.54, 1.807) is 4.68 Å². The lowest BCUT2D eigenvalue weighted by Gasteiger charge is -2.29. The van der Waals surface area contributed by atoms with Crippen LogP contribution in [0.15, 0.2) is 6.07 Å². The molecular formula is C17H26N4O2. The minimum atomic E-state index is -0.122. The number of nitrogens with one attached hydrogen (secondary N) is 2. The third kappa shape index (κ3) is 3.22. The number of ether oxygens (including phenoxy) is 1. The molecule has 1 spiro atoms. The van der Waals surface area contributed by atoms with Gasteiger partial charge in [0.2, 0.25) is 0 Å². The first-order valence-corrected chi connectivity index (χ1v) is 8.87. The zero-order valence-electron chi connectivity index (χ0n) is 13.8. The van der Waals surface area contributed by atoms with Crippen molar-refractivity contribution in [1.82, 2.24) is 15.1 Å². The molecule has 0 radical (unpaired) electrons. The average molecular weight is 318 g/mol. The third-order valence-corrected chi connectivity index (χ3v) is 5.74. The van der Waals surface area contributed by atoms with Crippen molar-refractivity contribution in [3.63, 3.8) is 0 Å². The minimum absolute atomic E-state index is 0.0767. The molecule has 0 bridgehead atoms. The molecule has 6 heteroatoms. The summed E-state index contributed by atoms with van der Waals surface area (Å²) in [5, 5.41) is 10.5. The van der Waals surface area contributed by atoms with E-state index in [2.05, 4.69) is 15.7 Å². The van der Waals surface area contributed by atoms with Gasteiger partial charge in [0.05, 0.1) is 5.69 Å². The van der Waals surface area contributed by atoms with Gasteiger partial charge >= 0.3 is 6.03 Å². The smallest absolute Gasteiger partial charge is 0.320 e. The molecule has 2 heterocycles. The maximum atomic E-state index is 12.2. The van der Waals surface area contributed by atoms with E-state index in [0.29, 0.717) is 11.5 Å². The van der Waals surface area contributed by atoms with Gasteiger partial charge in [-0.25, -0.2) is 4.79 Å². The number of aryl methyl sites for hydroxylation is 1. The van der Waals surface area contributed by atoms with Gasteiger partial charge in [-0.2, -0.15) is 5.10 Å². The van der Waals surface area contributed by atoms with Crippen LogP contribution in [-0.2, 0) is 11.8 Å². The topological polar surface area (TPSA) is 68.2 Å². The number of nitrogens with zero attached hydrogens (tertiary/aromatic N) is 2. The Bertz CT molecular complexity index is 577. The average Bonchev–Trinajstić information content (AvgIpc) is 2.95. The number of hydrogen-bond acceptors (Lipinski definition) is 3. The Labute approximate surface area is 137 Å². The van der Waals surface area contributed by atoms with Gasteiger partial charge in [0, 0.05) is 25.8 Å². The molecule has 1 aliphatic heterocycles. The lowest BCUT2D eigenvalue weighted by atomic mass is 9.83. The highest BCUT2D eigenvalue weighted by atomic mass is 16.5. The molecule has 0 aromatic carbocycles. The van der Waals surface area contributed by atoms with Crippen LogP contribution >= 0.6 is 0 Å². The van der Waals surface area contributed by atoms with Gasteiger partial charge in [-0.3, -0.25) is 10.00 Å². The lowest BCUT2D eigenvalue weighted by Crippen LogP contribution is -2.40. The Morgan fingerprint density at radius 3 is 2.74 bits per heavy atom. The van der Waals surface area contributed by atoms with Crippen LogP contribution in [0, 0.1) is 5.41 Å². The Hall–Kier alpha value is -1.56. The summed E-state index contributed by atoms with van der Waals surface area (Å²) in [4.78, 5) is 12.2. The molecule has 1 saturated heterocycles. The highest BCUT2D eigenvalue weighted by Gasteiger charge is 2.44. The molecule has 126 valence electrons. The van der Waals surface area contributed by atoms with Crippen LogP contribution in [0.3, 0.4) is 0 Å². The number of aromatic nitrogens is 2. The molecule has 3 fully saturated rings. The number of anilines is 1. The maximum Gasteiger partial charge on any atom is 0.320 e. The van der Waals surface area contributed by atoms with Gasteiger partial charge in [0.25, 0.3) is 0 Å². The molecule has 1 atom stereocenters. The van der Waals surface area contributed by atoms with E-state index in [1.165, 1.54) is 25.7 Å². The summed E-state index contributed by atoms with van der Waals surface area (Å²) < 4.78 is 7.37. The van der Waals surface area contributed by atoms with E-state index in [-0.39, 0.29) is 12.1 Å². The quantitative estimate of drug-likeness (QED) is 0.900. The Morgan fingerprint density at radius 1 is 1.30 bits per heavy atom. The standard InChI is InChI=1S/C17H26N4O2/c1-21-15(11-13(20-21)14-3-2-10-23-14)19-16(22)18-12-4-6-17(7-5-12)8-9-17/h11-12,14H,2-10H2,1H3,(H2,18,19,22). The fourth-order valence-electron chi connectivity index (χ4n) is 3.96. The van der Waals surface area contributed by atoms with Crippen LogP contribution in [0.1, 0.15) is 63.2 Å². The van der Waals surface area contributed by atoms with Crippen LogP contribution in [0.5, 0.6) is 0 Å². The molecule has 23 heavy (non-hydrogen) atoms. The Balaban J connectivity index is 1.31. The van der Waals surface area contributed by atoms with E-state index in [4.69, 9.17) is 4.74 Å². The zero-order chi connectivity index (χ0) is 15.9. The first-order chi connectivity index (χ1) is 11.1. The van der Waals surface area contributed by atoms with Crippen molar-refractivity contribution in [2.75, 3.05) is 11.9 Å². The monoisotopic (exact) mass is 318 g/mol. The van der Waals surface area contributed by atoms with E-state index in [1.807, 2.05) is 13.1 Å². The fraction of sp³-hybridized carbons (Fsp3) is 0.765. The lowest BCUT2D eigenvalue weighted by molar-refractivity contribution is 0.108. The van der Waals surface area contributed by atoms with Crippen molar-refractivity contribution >= 4 is 11.8 Å². The van der Waals surface area contributed by atoms with E-state index in [0.717, 1.165) is 43.8 Å². The van der Waals surface area contributed by atoms with Crippen molar-refractivity contribution in [3.8, 4) is 0 Å². The predicted octanol–water partition coefficient (Wildman–Crippen LogP) is 3.12. The second-order valence-corrected chi connectivity index (χ2v) is 7.45. The summed E-state index contributed by atoms with van der Waals surface area (Å²) in [6.07, 6.45) is 9.72. The molecular weight excluding hydrogens is 292 g/mol. The Kier molecular flexibility index (Phi) is 3.79. The first-order valence-electron chi connectivity index (χ1n) is 8.87. The van der Waals surface area contributed by atoms with Crippen LogP contribution in [0.4, 0.5) is 10.6 Å². The first kappa shape index (κ1) is 15.0. The van der Waals surface area contributed by atoms with Crippen LogP contribution in [0.25, 0.3) is 0 Å². The minimum Gasteiger partial charge on any atom is -0.372 e. The molecule has 1 aromatic heterocycles. The second-order valence-electron chi connectivity index (χ2n) is 7.45. The van der Waals surface area contributed by atoms with E-state index in [9.17, 15) is 4.79 Å². The number of carbonyl (C=O) groups is 1. The van der Waals surface area contributed by atoms with Crippen molar-refractivity contribution in [2.24, 2.45) is 12.5 Å². The number of amides is 2. The van der Waals surface area contributed by atoms with Crippen LogP contribution in [-0.4, -0.2) is 28.5 Å². The maximum absolute atomic E-state index is 12.2. The highest BCUT2D eigenvalue weighted by Crippen LogP contribution is 2.56. The van der Waals surface area contributed by atoms with Crippen LogP contribution in [0.2, 0.25) is 0 Å². The third-order valence-electron chi connectivity index (χ3n) is 5.74. The summed E-state index contributed by atoms with van der Waals surface area (Å²) in [5.74, 6) is 0.725. The molecule has 2 N–H and O–H groups in total. The molecule has 2 saturated carbocycles. The number of rotatable bonds is 3. The summed E-state index contributed by atoms with van der Waals surface area (Å²) in [5.41, 5.74) is 1.57. The number of hydrogen-bond donors (Lipinski definition) is 2. The number of urea groups is 1. The van der Waals surface area contributed by atoms with E-state index < -0.39 is 0 Å². The van der Waals surface area contributed by atoms with Gasteiger partial charge in [-0.05, 0) is 56.8 Å². The SMILES string of the molecule is Cn1nc(C2CCCO2)cc1NC(=O)NC1CCC2(CC1)CC2. The molecule has 2 amide bonds. The molecule has 2 aliphatic carbocycles. The predicted molar refractivity (Wildman–Crippen MR) is 87.2 cm³/mol. The van der Waals surface area contributed by atoms with Gasteiger partial charge < -0.3 is 10.1 Å². The summed E-state index contributed by atoms with van der Waals surface area (Å²) in [6, 6.07) is 2.12. The van der Waals surface area contributed by atoms with Gasteiger partial charge in [-0.15, -0.1) is 0 Å². The second kappa shape index (κ2) is 5.82. The molecule has 1 unspecified atom stereocenters. The summed E-state index contributed by atoms with van der Waals surface area (Å²) >= 11 is 0. The molecule has 6 nitrogen and oxygen atoms in total. The Morgan fingerprint density at radius 2 is 2.09 bits per heavy atom. The van der Waals surface area contributed by atoms with Crippen molar-refractivity contribution in [3.05, 3.63) is 11.8 Å². The summed E-state index contributed by atoms with van der Waals surface area (Å²) in [6.45, 7) is 0.799. The fourth-order valence-corrected chi connectivity index (χ4v) is 3.96. The number of carbonyl (C=O) groups excluding carboxylic acids is 1. The molecule has 3 aliphatic rings.